The zero-order valence-electron chi connectivity index (χ0n) is 9.38. The number of carbonyl (C=O) groups is 2. The molecule has 0 heterocycles. The fraction of sp³-hybridized carbons (Fsp3) is 0.273. The summed E-state index contributed by atoms with van der Waals surface area (Å²) in [6, 6.07) is 2.54. The molecule has 0 saturated heterocycles. The van der Waals surface area contributed by atoms with Gasteiger partial charge in [-0.1, -0.05) is 0 Å². The largest absolute Gasteiger partial charge is 0.368 e. The van der Waals surface area contributed by atoms with E-state index in [0.29, 0.717) is 6.07 Å². The molecule has 0 saturated carbocycles. The standard InChI is InChI=1S/C11H12F2N2O2/c1-11(2,10(14)17)15-9(16)7-4-3-6(12)5-8(7)13/h3-5H,1-2H3,(H2,14,17)(H,15,16). The summed E-state index contributed by atoms with van der Waals surface area (Å²) in [6.45, 7) is 2.77. The first kappa shape index (κ1) is 13.1. The first-order valence-corrected chi connectivity index (χ1v) is 4.81. The van der Waals surface area contributed by atoms with Crippen LogP contribution < -0.4 is 11.1 Å². The van der Waals surface area contributed by atoms with Crippen molar-refractivity contribution in [3.63, 3.8) is 0 Å². The normalized spacial score (nSPS) is 11.1. The quantitative estimate of drug-likeness (QED) is 0.828. The molecule has 0 unspecified atom stereocenters. The van der Waals surface area contributed by atoms with E-state index in [0.717, 1.165) is 12.1 Å². The molecule has 0 aliphatic rings. The average molecular weight is 242 g/mol. The molecule has 1 aromatic rings. The highest BCUT2D eigenvalue weighted by atomic mass is 19.1. The van der Waals surface area contributed by atoms with Crippen LogP contribution in [-0.4, -0.2) is 17.4 Å². The Morgan fingerprint density at radius 3 is 2.35 bits per heavy atom. The molecule has 4 nitrogen and oxygen atoms in total. The summed E-state index contributed by atoms with van der Waals surface area (Å²) in [4.78, 5) is 22.6. The molecule has 92 valence electrons. The second-order valence-electron chi connectivity index (χ2n) is 4.07. The molecule has 0 spiro atoms. The molecule has 3 N–H and O–H groups in total. The lowest BCUT2D eigenvalue weighted by molar-refractivity contribution is -0.122. The predicted octanol–water partition coefficient (Wildman–Crippen LogP) is 0.958. The van der Waals surface area contributed by atoms with Gasteiger partial charge in [0.25, 0.3) is 5.91 Å². The molecule has 6 heteroatoms. The van der Waals surface area contributed by atoms with Crippen molar-refractivity contribution in [2.75, 3.05) is 0 Å². The van der Waals surface area contributed by atoms with E-state index in [1.165, 1.54) is 13.8 Å². The lowest BCUT2D eigenvalue weighted by atomic mass is 10.0. The second kappa shape index (κ2) is 4.48. The van der Waals surface area contributed by atoms with Gasteiger partial charge < -0.3 is 11.1 Å². The minimum atomic E-state index is -1.31. The molecule has 2 amide bonds. The van der Waals surface area contributed by atoms with Gasteiger partial charge in [0.05, 0.1) is 5.56 Å². The van der Waals surface area contributed by atoms with E-state index in [4.69, 9.17) is 5.73 Å². The van der Waals surface area contributed by atoms with Gasteiger partial charge in [-0.05, 0) is 26.0 Å². The van der Waals surface area contributed by atoms with Crippen molar-refractivity contribution >= 4 is 11.8 Å². The molecule has 1 aromatic carbocycles. The van der Waals surface area contributed by atoms with Crippen LogP contribution in [0.3, 0.4) is 0 Å². The highest BCUT2D eigenvalue weighted by molar-refractivity contribution is 5.98. The number of amides is 2. The first-order valence-electron chi connectivity index (χ1n) is 4.81. The van der Waals surface area contributed by atoms with Gasteiger partial charge in [0.1, 0.15) is 17.2 Å². The maximum Gasteiger partial charge on any atom is 0.255 e. The van der Waals surface area contributed by atoms with Gasteiger partial charge in [-0.15, -0.1) is 0 Å². The summed E-state index contributed by atoms with van der Waals surface area (Å²) in [5.41, 5.74) is 3.40. The van der Waals surface area contributed by atoms with Crippen molar-refractivity contribution in [2.24, 2.45) is 5.73 Å². The van der Waals surface area contributed by atoms with Crippen LogP contribution in [0.5, 0.6) is 0 Å². The van der Waals surface area contributed by atoms with E-state index in [-0.39, 0.29) is 5.56 Å². The Morgan fingerprint density at radius 2 is 1.88 bits per heavy atom. The second-order valence-corrected chi connectivity index (χ2v) is 4.07. The number of nitrogens with two attached hydrogens (primary N) is 1. The Hall–Kier alpha value is -1.98. The first-order chi connectivity index (χ1) is 7.74. The van der Waals surface area contributed by atoms with Crippen molar-refractivity contribution in [2.45, 2.75) is 19.4 Å². The van der Waals surface area contributed by atoms with Crippen molar-refractivity contribution in [1.29, 1.82) is 0 Å². The summed E-state index contributed by atoms with van der Waals surface area (Å²) in [5, 5.41) is 2.26. The molecular formula is C11H12F2N2O2. The molecule has 0 atom stereocenters. The van der Waals surface area contributed by atoms with Crippen LogP contribution in [0.15, 0.2) is 18.2 Å². The highest BCUT2D eigenvalue weighted by Crippen LogP contribution is 2.11. The Bertz CT molecular complexity index is 473. The Labute approximate surface area is 96.8 Å². The lowest BCUT2D eigenvalue weighted by Crippen LogP contribution is -2.53. The Kier molecular flexibility index (Phi) is 3.45. The number of hydrogen-bond acceptors (Lipinski definition) is 2. The van der Waals surface area contributed by atoms with Crippen molar-refractivity contribution in [3.8, 4) is 0 Å². The maximum absolute atomic E-state index is 13.3. The molecule has 0 radical (unpaired) electrons. The molecular weight excluding hydrogens is 230 g/mol. The fourth-order valence-electron chi connectivity index (χ4n) is 1.09. The maximum atomic E-state index is 13.3. The van der Waals surface area contributed by atoms with Crippen molar-refractivity contribution < 1.29 is 18.4 Å². The number of halogens is 2. The highest BCUT2D eigenvalue weighted by Gasteiger charge is 2.28. The Balaban J connectivity index is 2.95. The van der Waals surface area contributed by atoms with Crippen molar-refractivity contribution in [3.05, 3.63) is 35.4 Å². The smallest absolute Gasteiger partial charge is 0.255 e. The molecule has 0 fully saturated rings. The number of hydrogen-bond donors (Lipinski definition) is 2. The summed E-state index contributed by atoms with van der Waals surface area (Å²) in [6.07, 6.45) is 0. The van der Waals surface area contributed by atoms with Gasteiger partial charge in [0, 0.05) is 6.07 Å². The zero-order valence-corrected chi connectivity index (χ0v) is 9.38. The van der Waals surface area contributed by atoms with Crippen LogP contribution in [0.1, 0.15) is 24.2 Å². The SMILES string of the molecule is CC(C)(NC(=O)c1ccc(F)cc1F)C(N)=O. The third-order valence-electron chi connectivity index (χ3n) is 2.22. The van der Waals surface area contributed by atoms with Crippen LogP contribution in [-0.2, 0) is 4.79 Å². The third-order valence-corrected chi connectivity index (χ3v) is 2.22. The number of rotatable bonds is 3. The number of primary amides is 1. The Morgan fingerprint density at radius 1 is 1.29 bits per heavy atom. The van der Waals surface area contributed by atoms with Gasteiger partial charge in [0.15, 0.2) is 0 Å². The predicted molar refractivity (Wildman–Crippen MR) is 57.1 cm³/mol. The molecule has 1 rings (SSSR count). The van der Waals surface area contributed by atoms with Crippen LogP contribution in [0.4, 0.5) is 8.78 Å². The fourth-order valence-corrected chi connectivity index (χ4v) is 1.09. The van der Waals surface area contributed by atoms with Gasteiger partial charge in [-0.3, -0.25) is 9.59 Å². The summed E-state index contributed by atoms with van der Waals surface area (Å²) in [5.74, 6) is -3.37. The molecule has 0 aliphatic carbocycles. The van der Waals surface area contributed by atoms with E-state index in [1.807, 2.05) is 0 Å². The monoisotopic (exact) mass is 242 g/mol. The molecule has 0 aliphatic heterocycles. The van der Waals surface area contributed by atoms with Gasteiger partial charge in [0.2, 0.25) is 5.91 Å². The van der Waals surface area contributed by atoms with E-state index in [1.54, 1.807) is 0 Å². The molecule has 0 bridgehead atoms. The average Bonchev–Trinajstić information content (AvgIpc) is 2.15. The van der Waals surface area contributed by atoms with Gasteiger partial charge in [-0.2, -0.15) is 0 Å². The van der Waals surface area contributed by atoms with E-state index in [9.17, 15) is 18.4 Å². The van der Waals surface area contributed by atoms with Gasteiger partial charge >= 0.3 is 0 Å². The summed E-state index contributed by atoms with van der Waals surface area (Å²) >= 11 is 0. The third kappa shape index (κ3) is 2.99. The lowest BCUT2D eigenvalue weighted by Gasteiger charge is -2.22. The van der Waals surface area contributed by atoms with E-state index in [2.05, 4.69) is 5.32 Å². The van der Waals surface area contributed by atoms with Crippen molar-refractivity contribution in [1.82, 2.24) is 5.32 Å². The minimum absolute atomic E-state index is 0.347. The van der Waals surface area contributed by atoms with Crippen LogP contribution in [0.2, 0.25) is 0 Å². The van der Waals surface area contributed by atoms with Gasteiger partial charge in [-0.25, -0.2) is 8.78 Å². The molecule has 17 heavy (non-hydrogen) atoms. The van der Waals surface area contributed by atoms with E-state index >= 15 is 0 Å². The summed E-state index contributed by atoms with van der Waals surface area (Å²) in [7, 11) is 0. The zero-order chi connectivity index (χ0) is 13.2. The van der Waals surface area contributed by atoms with E-state index < -0.39 is 29.0 Å². The topological polar surface area (TPSA) is 72.2 Å². The van der Waals surface area contributed by atoms with Crippen LogP contribution in [0, 0.1) is 11.6 Å². The number of nitrogens with one attached hydrogen (secondary N) is 1. The minimum Gasteiger partial charge on any atom is -0.368 e. The number of carbonyl (C=O) groups excluding carboxylic acids is 2. The molecule has 0 aromatic heterocycles. The van der Waals surface area contributed by atoms with Crippen LogP contribution in [0.25, 0.3) is 0 Å². The van der Waals surface area contributed by atoms with Crippen LogP contribution >= 0.6 is 0 Å². The number of benzene rings is 1. The summed E-state index contributed by atoms with van der Waals surface area (Å²) < 4.78 is 25.9.